The molecule has 0 aliphatic carbocycles. The number of aromatic nitrogens is 2. The van der Waals surface area contributed by atoms with Gasteiger partial charge in [-0.25, -0.2) is 0 Å². The minimum Gasteiger partial charge on any atom is -0.389 e. The molecule has 1 aromatic heterocycles. The van der Waals surface area contributed by atoms with E-state index in [4.69, 9.17) is 5.11 Å². The third-order valence-corrected chi connectivity index (χ3v) is 2.82. The molecule has 76 valence electrons. The number of aliphatic hydroxyl groups is 1. The molecular formula is C6H11Cl2N3OS. The van der Waals surface area contributed by atoms with Gasteiger partial charge in [-0.15, -0.1) is 35.0 Å². The Morgan fingerprint density at radius 3 is 2.46 bits per heavy atom. The molecular weight excluding hydrogens is 233 g/mol. The molecule has 0 amide bonds. The van der Waals surface area contributed by atoms with Crippen molar-refractivity contribution in [1.82, 2.24) is 15.5 Å². The molecule has 0 aromatic carbocycles. The first-order valence-electron chi connectivity index (χ1n) is 3.54. The molecule has 0 atom stereocenters. The Morgan fingerprint density at radius 2 is 2.08 bits per heavy atom. The van der Waals surface area contributed by atoms with E-state index in [9.17, 15) is 0 Å². The summed E-state index contributed by atoms with van der Waals surface area (Å²) in [5.74, 6) is 0.535. The standard InChI is InChI=1S/C6H9N3OS.2ClH/c10-3-5-8-9-6(11-5)4-1-7-2-4;;/h4,7,10H,1-3H2;2*1H. The Kier molecular flexibility index (Phi) is 5.75. The van der Waals surface area contributed by atoms with E-state index < -0.39 is 0 Å². The lowest BCUT2D eigenvalue weighted by molar-refractivity contribution is 0.280. The maximum absolute atomic E-state index is 8.72. The van der Waals surface area contributed by atoms with Crippen LogP contribution in [0.4, 0.5) is 0 Å². The number of hydrogen-bond acceptors (Lipinski definition) is 5. The lowest BCUT2D eigenvalue weighted by Gasteiger charge is -2.23. The number of nitrogens with one attached hydrogen (secondary N) is 1. The molecule has 0 unspecified atom stereocenters. The monoisotopic (exact) mass is 243 g/mol. The van der Waals surface area contributed by atoms with Crippen molar-refractivity contribution in [3.63, 3.8) is 0 Å². The lowest BCUT2D eigenvalue weighted by atomic mass is 10.1. The Balaban J connectivity index is 0.000000720. The topological polar surface area (TPSA) is 58.0 Å². The summed E-state index contributed by atoms with van der Waals surface area (Å²) in [7, 11) is 0. The van der Waals surface area contributed by atoms with Gasteiger partial charge in [0.15, 0.2) is 0 Å². The Bertz CT molecular complexity index is 254. The lowest BCUT2D eigenvalue weighted by Crippen LogP contribution is -2.39. The fraction of sp³-hybridized carbons (Fsp3) is 0.667. The van der Waals surface area contributed by atoms with Crippen LogP contribution in [-0.4, -0.2) is 28.4 Å². The zero-order valence-corrected chi connectivity index (χ0v) is 9.21. The van der Waals surface area contributed by atoms with E-state index >= 15 is 0 Å². The van der Waals surface area contributed by atoms with Gasteiger partial charge in [0, 0.05) is 19.0 Å². The molecule has 2 heterocycles. The molecule has 7 heteroatoms. The van der Waals surface area contributed by atoms with Gasteiger partial charge in [0.2, 0.25) is 0 Å². The number of nitrogens with zero attached hydrogens (tertiary/aromatic N) is 2. The van der Waals surface area contributed by atoms with Crippen LogP contribution in [0.5, 0.6) is 0 Å². The van der Waals surface area contributed by atoms with Crippen molar-refractivity contribution < 1.29 is 5.11 Å². The summed E-state index contributed by atoms with van der Waals surface area (Å²) < 4.78 is 0. The second kappa shape index (κ2) is 5.72. The molecule has 2 rings (SSSR count). The van der Waals surface area contributed by atoms with Crippen molar-refractivity contribution in [3.05, 3.63) is 10.0 Å². The molecule has 4 nitrogen and oxygen atoms in total. The van der Waals surface area contributed by atoms with Crippen LogP contribution in [-0.2, 0) is 6.61 Å². The van der Waals surface area contributed by atoms with Gasteiger partial charge in [-0.1, -0.05) is 11.3 Å². The quantitative estimate of drug-likeness (QED) is 0.798. The van der Waals surface area contributed by atoms with Crippen molar-refractivity contribution >= 4 is 36.2 Å². The third kappa shape index (κ3) is 2.75. The van der Waals surface area contributed by atoms with Crippen LogP contribution in [0.3, 0.4) is 0 Å². The van der Waals surface area contributed by atoms with Crippen LogP contribution in [0.2, 0.25) is 0 Å². The van der Waals surface area contributed by atoms with Crippen molar-refractivity contribution in [1.29, 1.82) is 0 Å². The van der Waals surface area contributed by atoms with Crippen LogP contribution in [0.15, 0.2) is 0 Å². The molecule has 0 bridgehead atoms. The predicted octanol–water partition coefficient (Wildman–Crippen LogP) is 0.561. The van der Waals surface area contributed by atoms with Gasteiger partial charge < -0.3 is 10.4 Å². The van der Waals surface area contributed by atoms with E-state index in [0.717, 1.165) is 18.1 Å². The van der Waals surface area contributed by atoms with Crippen LogP contribution in [0.25, 0.3) is 0 Å². The summed E-state index contributed by atoms with van der Waals surface area (Å²) in [4.78, 5) is 0. The van der Waals surface area contributed by atoms with Crippen molar-refractivity contribution in [2.45, 2.75) is 12.5 Å². The van der Waals surface area contributed by atoms with E-state index in [1.54, 1.807) is 0 Å². The van der Waals surface area contributed by atoms with E-state index in [2.05, 4.69) is 15.5 Å². The predicted molar refractivity (Wildman–Crippen MR) is 55.9 cm³/mol. The van der Waals surface area contributed by atoms with E-state index in [-0.39, 0.29) is 31.4 Å². The van der Waals surface area contributed by atoms with Crippen LogP contribution < -0.4 is 5.32 Å². The molecule has 13 heavy (non-hydrogen) atoms. The Labute approximate surface area is 92.6 Å². The zero-order chi connectivity index (χ0) is 7.68. The fourth-order valence-electron chi connectivity index (χ4n) is 0.959. The summed E-state index contributed by atoms with van der Waals surface area (Å²) in [6.45, 7) is 2.01. The Hall–Kier alpha value is 0.0600. The number of hydrogen-bond donors (Lipinski definition) is 2. The molecule has 2 N–H and O–H groups in total. The second-order valence-corrected chi connectivity index (χ2v) is 3.64. The minimum atomic E-state index is 0. The molecule has 0 radical (unpaired) electrons. The molecule has 1 aliphatic rings. The van der Waals surface area contributed by atoms with E-state index in [0.29, 0.717) is 10.9 Å². The summed E-state index contributed by atoms with van der Waals surface area (Å²) in [5, 5.41) is 21.4. The summed E-state index contributed by atoms with van der Waals surface area (Å²) in [5.41, 5.74) is 0. The van der Waals surface area contributed by atoms with Crippen molar-refractivity contribution in [2.24, 2.45) is 0 Å². The highest BCUT2D eigenvalue weighted by Gasteiger charge is 2.22. The number of aliphatic hydroxyl groups excluding tert-OH is 1. The zero-order valence-electron chi connectivity index (χ0n) is 6.77. The van der Waals surface area contributed by atoms with Crippen LogP contribution in [0.1, 0.15) is 15.9 Å². The average Bonchev–Trinajstić information content (AvgIpc) is 2.32. The Morgan fingerprint density at radius 1 is 1.38 bits per heavy atom. The third-order valence-electron chi connectivity index (χ3n) is 1.75. The molecule has 1 saturated heterocycles. The van der Waals surface area contributed by atoms with E-state index in [1.807, 2.05) is 0 Å². The van der Waals surface area contributed by atoms with Gasteiger partial charge >= 0.3 is 0 Å². The van der Waals surface area contributed by atoms with Gasteiger partial charge in [0.25, 0.3) is 0 Å². The highest BCUT2D eigenvalue weighted by molar-refractivity contribution is 7.11. The molecule has 1 fully saturated rings. The summed E-state index contributed by atoms with van der Waals surface area (Å²) >= 11 is 1.50. The van der Waals surface area contributed by atoms with Gasteiger partial charge in [-0.05, 0) is 0 Å². The van der Waals surface area contributed by atoms with Gasteiger partial charge in [0.05, 0.1) is 6.61 Å². The first-order chi connectivity index (χ1) is 5.40. The number of halogens is 2. The van der Waals surface area contributed by atoms with Crippen LogP contribution >= 0.6 is 36.2 Å². The van der Waals surface area contributed by atoms with E-state index in [1.165, 1.54) is 11.3 Å². The highest BCUT2D eigenvalue weighted by Crippen LogP contribution is 2.22. The smallest absolute Gasteiger partial charge is 0.143 e. The summed E-state index contributed by atoms with van der Waals surface area (Å²) in [6, 6.07) is 0. The minimum absolute atomic E-state index is 0. The van der Waals surface area contributed by atoms with Gasteiger partial charge in [0.1, 0.15) is 10.0 Å². The molecule has 0 saturated carbocycles. The van der Waals surface area contributed by atoms with Gasteiger partial charge in [-0.3, -0.25) is 0 Å². The second-order valence-electron chi connectivity index (χ2n) is 2.55. The maximum Gasteiger partial charge on any atom is 0.143 e. The SMILES string of the molecule is Cl.Cl.OCc1nnc(C2CNC2)s1. The fourth-order valence-corrected chi connectivity index (χ4v) is 1.76. The maximum atomic E-state index is 8.72. The molecule has 0 spiro atoms. The molecule has 1 aliphatic heterocycles. The summed E-state index contributed by atoms with van der Waals surface area (Å²) in [6.07, 6.45) is 0. The first-order valence-corrected chi connectivity index (χ1v) is 4.35. The van der Waals surface area contributed by atoms with Gasteiger partial charge in [-0.2, -0.15) is 0 Å². The normalized spacial score (nSPS) is 15.5. The average molecular weight is 244 g/mol. The van der Waals surface area contributed by atoms with Crippen LogP contribution in [0, 0.1) is 0 Å². The molecule has 1 aromatic rings. The van der Waals surface area contributed by atoms with Crippen molar-refractivity contribution in [3.8, 4) is 0 Å². The van der Waals surface area contributed by atoms with Crippen molar-refractivity contribution in [2.75, 3.05) is 13.1 Å². The number of rotatable bonds is 2. The highest BCUT2D eigenvalue weighted by atomic mass is 35.5. The first kappa shape index (κ1) is 13.1. The largest absolute Gasteiger partial charge is 0.389 e.